The van der Waals surface area contributed by atoms with Crippen LogP contribution in [0.5, 0.6) is 0 Å². The lowest BCUT2D eigenvalue weighted by molar-refractivity contribution is 0.0688. The Morgan fingerprint density at radius 3 is 3.00 bits per heavy atom. The molecule has 3 rings (SSSR count). The zero-order chi connectivity index (χ0) is 14.8. The van der Waals surface area contributed by atoms with E-state index >= 15 is 0 Å². The molecule has 0 saturated heterocycles. The molecule has 0 spiro atoms. The largest absolute Gasteiger partial charge is 0.476 e. The molecule has 21 heavy (non-hydrogen) atoms. The third-order valence-corrected chi connectivity index (χ3v) is 3.29. The Kier molecular flexibility index (Phi) is 3.65. The minimum Gasteiger partial charge on any atom is -0.476 e. The van der Waals surface area contributed by atoms with Crippen LogP contribution < -0.4 is 0 Å². The summed E-state index contributed by atoms with van der Waals surface area (Å²) in [5.41, 5.74) is 0.407. The number of aromatic nitrogens is 5. The molecule has 9 nitrogen and oxygen atoms in total. The third kappa shape index (κ3) is 2.92. The van der Waals surface area contributed by atoms with Crippen molar-refractivity contribution in [3.8, 4) is 0 Å². The van der Waals surface area contributed by atoms with Crippen LogP contribution in [0.3, 0.4) is 0 Å². The highest BCUT2D eigenvalue weighted by molar-refractivity contribution is 5.86. The summed E-state index contributed by atoms with van der Waals surface area (Å²) in [4.78, 5) is 15.4. The summed E-state index contributed by atoms with van der Waals surface area (Å²) >= 11 is 0. The molecule has 0 radical (unpaired) electrons. The fourth-order valence-corrected chi connectivity index (χ4v) is 2.04. The Morgan fingerprint density at radius 2 is 2.33 bits per heavy atom. The van der Waals surface area contributed by atoms with Crippen molar-refractivity contribution >= 4 is 5.97 Å². The van der Waals surface area contributed by atoms with Crippen LogP contribution in [0.4, 0.5) is 0 Å². The van der Waals surface area contributed by atoms with E-state index in [9.17, 15) is 4.79 Å². The minimum absolute atomic E-state index is 0.0750. The number of carbonyl (C=O) groups is 1. The molecule has 1 N–H and O–H groups in total. The fraction of sp³-hybridized carbons (Fsp3) is 0.583. The summed E-state index contributed by atoms with van der Waals surface area (Å²) in [5, 5.41) is 20.6. The van der Waals surface area contributed by atoms with Gasteiger partial charge >= 0.3 is 5.97 Å². The lowest BCUT2D eigenvalue weighted by atomic mass is 10.2. The average Bonchev–Trinajstić information content (AvgIpc) is 3.08. The quantitative estimate of drug-likeness (QED) is 0.783. The Hall–Kier alpha value is -2.29. The average molecular weight is 293 g/mol. The Labute approximate surface area is 119 Å². The van der Waals surface area contributed by atoms with E-state index in [-0.39, 0.29) is 12.2 Å². The zero-order valence-corrected chi connectivity index (χ0v) is 11.5. The van der Waals surface area contributed by atoms with Crippen molar-refractivity contribution in [3.63, 3.8) is 0 Å². The van der Waals surface area contributed by atoms with Gasteiger partial charge in [-0.25, -0.2) is 9.48 Å². The first-order chi connectivity index (χ1) is 10.2. The first-order valence-corrected chi connectivity index (χ1v) is 6.66. The molecule has 0 bridgehead atoms. The van der Waals surface area contributed by atoms with Crippen LogP contribution in [0.1, 0.15) is 46.7 Å². The number of hydrogen-bond donors (Lipinski definition) is 1. The first-order valence-electron chi connectivity index (χ1n) is 6.66. The fourth-order valence-electron chi connectivity index (χ4n) is 2.04. The summed E-state index contributed by atoms with van der Waals surface area (Å²) in [6, 6.07) is 0. The zero-order valence-electron chi connectivity index (χ0n) is 11.5. The van der Waals surface area contributed by atoms with E-state index in [0.717, 1.165) is 12.8 Å². The van der Waals surface area contributed by atoms with Crippen molar-refractivity contribution in [2.45, 2.75) is 31.7 Å². The van der Waals surface area contributed by atoms with Gasteiger partial charge < -0.3 is 14.4 Å². The van der Waals surface area contributed by atoms with Crippen molar-refractivity contribution in [1.29, 1.82) is 0 Å². The second kappa shape index (κ2) is 5.60. The van der Waals surface area contributed by atoms with Gasteiger partial charge in [0.2, 0.25) is 5.89 Å². The van der Waals surface area contributed by atoms with E-state index in [1.54, 1.807) is 7.11 Å². The molecule has 112 valence electrons. The summed E-state index contributed by atoms with van der Waals surface area (Å²) in [5.74, 6) is 0.400. The highest BCUT2D eigenvalue weighted by Crippen LogP contribution is 2.38. The molecule has 9 heteroatoms. The lowest BCUT2D eigenvalue weighted by Gasteiger charge is -2.03. The number of ether oxygens (including phenoxy) is 1. The molecule has 1 fully saturated rings. The number of hydrogen-bond acceptors (Lipinski definition) is 7. The molecule has 2 aromatic rings. The third-order valence-electron chi connectivity index (χ3n) is 3.29. The first kappa shape index (κ1) is 13.7. The van der Waals surface area contributed by atoms with Gasteiger partial charge in [0.25, 0.3) is 0 Å². The topological polar surface area (TPSA) is 116 Å². The summed E-state index contributed by atoms with van der Waals surface area (Å²) in [6.45, 7) is 0.587. The second-order valence-electron chi connectivity index (χ2n) is 4.91. The molecule has 2 heterocycles. The van der Waals surface area contributed by atoms with Crippen LogP contribution in [0.15, 0.2) is 4.52 Å². The number of methoxy groups -OCH3 is 1. The summed E-state index contributed by atoms with van der Waals surface area (Å²) in [7, 11) is 1.55. The van der Waals surface area contributed by atoms with Crippen molar-refractivity contribution in [2.24, 2.45) is 0 Å². The van der Waals surface area contributed by atoms with E-state index in [2.05, 4.69) is 20.5 Å². The van der Waals surface area contributed by atoms with Gasteiger partial charge in [-0.3, -0.25) is 0 Å². The summed E-state index contributed by atoms with van der Waals surface area (Å²) in [6.07, 6.45) is 2.57. The molecule has 0 aliphatic heterocycles. The van der Waals surface area contributed by atoms with Crippen LogP contribution in [-0.2, 0) is 17.7 Å². The van der Waals surface area contributed by atoms with Crippen LogP contribution in [0.2, 0.25) is 0 Å². The smallest absolute Gasteiger partial charge is 0.358 e. The van der Waals surface area contributed by atoms with Gasteiger partial charge in [0.05, 0.1) is 12.3 Å². The highest BCUT2D eigenvalue weighted by atomic mass is 16.5. The van der Waals surface area contributed by atoms with Crippen molar-refractivity contribution in [3.05, 3.63) is 23.1 Å². The maximum absolute atomic E-state index is 11.1. The molecule has 1 aliphatic carbocycles. The van der Waals surface area contributed by atoms with E-state index in [1.165, 1.54) is 4.68 Å². The van der Waals surface area contributed by atoms with Crippen LogP contribution >= 0.6 is 0 Å². The van der Waals surface area contributed by atoms with Gasteiger partial charge in [0.1, 0.15) is 6.54 Å². The maximum atomic E-state index is 11.1. The molecule has 1 saturated carbocycles. The molecule has 0 amide bonds. The summed E-state index contributed by atoms with van der Waals surface area (Å²) < 4.78 is 11.6. The predicted octanol–water partition coefficient (Wildman–Crippen LogP) is 0.474. The number of nitrogens with zero attached hydrogens (tertiary/aromatic N) is 5. The predicted molar refractivity (Wildman–Crippen MR) is 67.9 cm³/mol. The van der Waals surface area contributed by atoms with E-state index in [4.69, 9.17) is 14.4 Å². The lowest BCUT2D eigenvalue weighted by Crippen LogP contribution is -2.12. The molecule has 1 aliphatic rings. The van der Waals surface area contributed by atoms with Crippen molar-refractivity contribution < 1.29 is 19.2 Å². The SMILES string of the molecule is COCCc1c(C(=O)O)nnn1Cc1nc(C2CC2)no1. The van der Waals surface area contributed by atoms with E-state index in [0.29, 0.717) is 36.4 Å². The minimum atomic E-state index is -1.11. The van der Waals surface area contributed by atoms with Crippen LogP contribution in [0.25, 0.3) is 0 Å². The van der Waals surface area contributed by atoms with Crippen LogP contribution in [-0.4, -0.2) is 49.9 Å². The normalized spacial score (nSPS) is 14.5. The molecule has 0 atom stereocenters. The Morgan fingerprint density at radius 1 is 1.52 bits per heavy atom. The van der Waals surface area contributed by atoms with Gasteiger partial charge in [-0.1, -0.05) is 10.4 Å². The van der Waals surface area contributed by atoms with Gasteiger partial charge in [0, 0.05) is 19.4 Å². The number of carboxylic acids is 1. The number of aromatic carboxylic acids is 1. The molecule has 0 aromatic carbocycles. The number of carboxylic acid groups (broad SMARTS) is 1. The van der Waals surface area contributed by atoms with Crippen molar-refractivity contribution in [1.82, 2.24) is 25.1 Å². The van der Waals surface area contributed by atoms with Crippen molar-refractivity contribution in [2.75, 3.05) is 13.7 Å². The van der Waals surface area contributed by atoms with E-state index < -0.39 is 5.97 Å². The van der Waals surface area contributed by atoms with Gasteiger partial charge in [-0.05, 0) is 12.8 Å². The molecular formula is C12H15N5O4. The standard InChI is InChI=1S/C12H15N5O4/c1-20-5-4-8-10(12(18)19)14-16-17(8)6-9-13-11(15-21-9)7-2-3-7/h7H,2-6H2,1H3,(H,18,19). The highest BCUT2D eigenvalue weighted by Gasteiger charge is 2.29. The molecule has 2 aromatic heterocycles. The molecular weight excluding hydrogens is 278 g/mol. The van der Waals surface area contributed by atoms with Gasteiger partial charge in [-0.2, -0.15) is 4.98 Å². The van der Waals surface area contributed by atoms with Gasteiger partial charge in [-0.15, -0.1) is 5.10 Å². The monoisotopic (exact) mass is 293 g/mol. The second-order valence-corrected chi connectivity index (χ2v) is 4.91. The Balaban J connectivity index is 1.80. The number of rotatable bonds is 7. The van der Waals surface area contributed by atoms with Gasteiger partial charge in [0.15, 0.2) is 11.5 Å². The van der Waals surface area contributed by atoms with Crippen LogP contribution in [0, 0.1) is 0 Å². The Bertz CT molecular complexity index is 646. The maximum Gasteiger partial charge on any atom is 0.358 e. The molecule has 0 unspecified atom stereocenters. The van der Waals surface area contributed by atoms with E-state index in [1.807, 2.05) is 0 Å².